The minimum absolute atomic E-state index is 0.173. The molecule has 3 N–H and O–H groups in total. The first-order valence-corrected chi connectivity index (χ1v) is 10.9. The summed E-state index contributed by atoms with van der Waals surface area (Å²) >= 11 is 6.00. The summed E-state index contributed by atoms with van der Waals surface area (Å²) in [6, 6.07) is 4.47. The fraction of sp³-hybridized carbons (Fsp3) is 0.524. The third-order valence-corrected chi connectivity index (χ3v) is 5.50. The molecule has 33 heavy (non-hydrogen) atoms. The van der Waals surface area contributed by atoms with Crippen molar-refractivity contribution in [1.82, 2.24) is 24.6 Å². The molecule has 1 aliphatic rings. The van der Waals surface area contributed by atoms with Gasteiger partial charge in [-0.2, -0.15) is 0 Å². The largest absolute Gasteiger partial charge is 0.480 e. The molecule has 1 aliphatic heterocycles. The monoisotopic (exact) mass is 483 g/mol. The number of carboxylic acids is 3. The quantitative estimate of drug-likeness (QED) is 0.447. The Morgan fingerprint density at radius 1 is 0.939 bits per heavy atom. The van der Waals surface area contributed by atoms with Gasteiger partial charge in [-0.25, -0.2) is 9.78 Å². The van der Waals surface area contributed by atoms with Crippen molar-refractivity contribution in [2.24, 2.45) is 0 Å². The van der Waals surface area contributed by atoms with E-state index in [0.29, 0.717) is 44.4 Å². The van der Waals surface area contributed by atoms with Crippen LogP contribution < -0.4 is 0 Å². The maximum atomic E-state index is 11.5. The Kier molecular flexibility index (Phi) is 10.4. The molecule has 0 spiro atoms. The molecule has 0 aliphatic carbocycles. The number of nitrogens with zero attached hydrogens (tertiary/aromatic N) is 5. The lowest BCUT2D eigenvalue weighted by Gasteiger charge is -2.33. The Balaban J connectivity index is 2.26. The Morgan fingerprint density at radius 3 is 2.21 bits per heavy atom. The molecule has 1 aromatic rings. The van der Waals surface area contributed by atoms with Crippen molar-refractivity contribution in [3.63, 3.8) is 0 Å². The molecule has 1 unspecified atom stereocenters. The first-order chi connectivity index (χ1) is 15.6. The second-order valence-corrected chi connectivity index (χ2v) is 8.20. The van der Waals surface area contributed by atoms with Crippen LogP contribution in [0.25, 0.3) is 0 Å². The molecular formula is C21H30ClN5O6. The first-order valence-electron chi connectivity index (χ1n) is 10.5. The van der Waals surface area contributed by atoms with Crippen molar-refractivity contribution in [2.75, 3.05) is 52.4 Å². The predicted molar refractivity (Wildman–Crippen MR) is 121 cm³/mol. The van der Waals surface area contributed by atoms with Crippen LogP contribution in [0.2, 0.25) is 5.15 Å². The van der Waals surface area contributed by atoms with Crippen LogP contribution in [0.5, 0.6) is 0 Å². The fourth-order valence-corrected chi connectivity index (χ4v) is 3.59. The zero-order chi connectivity index (χ0) is 24.4. The van der Waals surface area contributed by atoms with E-state index in [1.165, 1.54) is 6.92 Å². The zero-order valence-corrected chi connectivity index (χ0v) is 19.3. The number of halogens is 1. The van der Waals surface area contributed by atoms with Gasteiger partial charge in [-0.15, -0.1) is 0 Å². The molecule has 0 fully saturated rings. The van der Waals surface area contributed by atoms with E-state index in [1.54, 1.807) is 39.2 Å². The zero-order valence-electron chi connectivity index (χ0n) is 18.5. The summed E-state index contributed by atoms with van der Waals surface area (Å²) in [6.07, 6.45) is 3.14. The number of carbonyl (C=O) groups is 3. The highest BCUT2D eigenvalue weighted by molar-refractivity contribution is 6.29. The van der Waals surface area contributed by atoms with Crippen molar-refractivity contribution < 1.29 is 29.7 Å². The van der Waals surface area contributed by atoms with E-state index in [-0.39, 0.29) is 19.6 Å². The van der Waals surface area contributed by atoms with Gasteiger partial charge in [0.25, 0.3) is 0 Å². The number of carboxylic acid groups (broad SMARTS) is 3. The molecule has 0 amide bonds. The highest BCUT2D eigenvalue weighted by Gasteiger charge is 2.21. The molecule has 0 saturated heterocycles. The molecule has 12 heteroatoms. The van der Waals surface area contributed by atoms with Gasteiger partial charge >= 0.3 is 17.9 Å². The lowest BCUT2D eigenvalue weighted by molar-refractivity contribution is -0.142. The molecule has 0 saturated carbocycles. The smallest absolute Gasteiger partial charge is 0.326 e. The maximum Gasteiger partial charge on any atom is 0.326 e. The van der Waals surface area contributed by atoms with Gasteiger partial charge in [0.15, 0.2) is 0 Å². The minimum atomic E-state index is -1.03. The van der Waals surface area contributed by atoms with Gasteiger partial charge in [0.1, 0.15) is 17.7 Å². The van der Waals surface area contributed by atoms with Crippen molar-refractivity contribution >= 4 is 29.5 Å². The normalized spacial score (nSPS) is 18.7. The molecule has 0 radical (unpaired) electrons. The third-order valence-electron chi connectivity index (χ3n) is 5.29. The van der Waals surface area contributed by atoms with E-state index in [1.807, 2.05) is 6.07 Å². The summed E-state index contributed by atoms with van der Waals surface area (Å²) in [5, 5.41) is 28.4. The standard InChI is InChI=1S/C21H30ClN5O6/c1-16(21(32)33)27-11-9-25(14-19(28)29)7-5-24(13-17-3-2-4-18(22)23-17)6-8-26(10-12-27)15-20(30)31/h2-4,9,11,16H,5-8,10,12-15H2,1H3,(H,28,29)(H,30,31)(H,32,33)/b11-9-. The summed E-state index contributed by atoms with van der Waals surface area (Å²) in [7, 11) is 0. The van der Waals surface area contributed by atoms with Gasteiger partial charge in [-0.3, -0.25) is 19.4 Å². The maximum absolute atomic E-state index is 11.5. The fourth-order valence-electron chi connectivity index (χ4n) is 3.41. The molecular weight excluding hydrogens is 454 g/mol. The Labute approximate surface area is 197 Å². The molecule has 1 atom stereocenters. The minimum Gasteiger partial charge on any atom is -0.480 e. The SMILES string of the molecule is CC(C(=O)O)N1/C=C\N(CC(=O)O)CCN(Cc2cccc(Cl)n2)CCN(CC(=O)O)CC1. The summed E-state index contributed by atoms with van der Waals surface area (Å²) in [6.45, 7) is 4.00. The van der Waals surface area contributed by atoms with Gasteiger partial charge < -0.3 is 25.1 Å². The summed E-state index contributed by atoms with van der Waals surface area (Å²) < 4.78 is 0. The molecule has 0 bridgehead atoms. The number of aliphatic carboxylic acids is 3. The Bertz CT molecular complexity index is 854. The van der Waals surface area contributed by atoms with Crippen molar-refractivity contribution in [3.05, 3.63) is 41.4 Å². The van der Waals surface area contributed by atoms with Crippen LogP contribution in [0.1, 0.15) is 12.6 Å². The summed E-state index contributed by atoms with van der Waals surface area (Å²) in [5.74, 6) is -2.99. The molecule has 2 rings (SSSR count). The van der Waals surface area contributed by atoms with E-state index in [9.17, 15) is 29.7 Å². The van der Waals surface area contributed by atoms with Crippen LogP contribution in [0.15, 0.2) is 30.6 Å². The number of aromatic nitrogens is 1. The number of hydrogen-bond acceptors (Lipinski definition) is 8. The summed E-state index contributed by atoms with van der Waals surface area (Å²) in [4.78, 5) is 45.5. The average Bonchev–Trinajstić information content (AvgIpc) is 2.72. The molecule has 1 aromatic heterocycles. The number of hydrogen-bond donors (Lipinski definition) is 3. The topological polar surface area (TPSA) is 138 Å². The summed E-state index contributed by atoms with van der Waals surface area (Å²) in [5.41, 5.74) is 0.751. The molecule has 0 aromatic carbocycles. The van der Waals surface area contributed by atoms with Gasteiger partial charge in [0.05, 0.1) is 12.2 Å². The van der Waals surface area contributed by atoms with Gasteiger partial charge in [-0.05, 0) is 19.1 Å². The number of rotatable bonds is 8. The van der Waals surface area contributed by atoms with E-state index in [4.69, 9.17) is 11.6 Å². The average molecular weight is 484 g/mol. The van der Waals surface area contributed by atoms with Gasteiger partial charge in [-0.1, -0.05) is 17.7 Å². The highest BCUT2D eigenvalue weighted by atomic mass is 35.5. The van der Waals surface area contributed by atoms with E-state index in [0.717, 1.165) is 5.69 Å². The van der Waals surface area contributed by atoms with Gasteiger partial charge in [0.2, 0.25) is 0 Å². The van der Waals surface area contributed by atoms with E-state index >= 15 is 0 Å². The second-order valence-electron chi connectivity index (χ2n) is 7.81. The molecule has 2 heterocycles. The Morgan fingerprint density at radius 2 is 1.58 bits per heavy atom. The van der Waals surface area contributed by atoms with Crippen molar-refractivity contribution in [3.8, 4) is 0 Å². The van der Waals surface area contributed by atoms with E-state index < -0.39 is 23.9 Å². The first kappa shape index (κ1) is 26.4. The van der Waals surface area contributed by atoms with Crippen LogP contribution >= 0.6 is 11.6 Å². The predicted octanol–water partition coefficient (Wildman–Crippen LogP) is 0.570. The van der Waals surface area contributed by atoms with Crippen LogP contribution in [0.3, 0.4) is 0 Å². The van der Waals surface area contributed by atoms with Crippen molar-refractivity contribution in [1.29, 1.82) is 0 Å². The molecule has 182 valence electrons. The third kappa shape index (κ3) is 9.64. The molecule has 11 nitrogen and oxygen atoms in total. The van der Waals surface area contributed by atoms with Crippen LogP contribution in [0.4, 0.5) is 0 Å². The van der Waals surface area contributed by atoms with Gasteiger partial charge in [0, 0.05) is 58.2 Å². The lowest BCUT2D eigenvalue weighted by Crippen LogP contribution is -2.46. The van der Waals surface area contributed by atoms with Crippen LogP contribution in [0, 0.1) is 0 Å². The highest BCUT2D eigenvalue weighted by Crippen LogP contribution is 2.10. The Hall–Kier alpha value is -2.89. The lowest BCUT2D eigenvalue weighted by atomic mass is 10.2. The van der Waals surface area contributed by atoms with E-state index in [2.05, 4.69) is 9.88 Å². The van der Waals surface area contributed by atoms with Crippen molar-refractivity contribution in [2.45, 2.75) is 19.5 Å². The van der Waals surface area contributed by atoms with Crippen LogP contribution in [-0.2, 0) is 20.9 Å². The second kappa shape index (κ2) is 13.0. The van der Waals surface area contributed by atoms with Crippen LogP contribution in [-0.4, -0.2) is 116 Å². The number of pyridine rings is 1.